The molecule has 0 aliphatic heterocycles. The summed E-state index contributed by atoms with van der Waals surface area (Å²) in [6.07, 6.45) is 0. The van der Waals surface area contributed by atoms with Crippen LogP contribution >= 0.6 is 0 Å². The van der Waals surface area contributed by atoms with Crippen LogP contribution in [0.4, 0.5) is 5.82 Å². The first kappa shape index (κ1) is 14.3. The highest BCUT2D eigenvalue weighted by Gasteiger charge is 2.25. The Bertz CT molecular complexity index is 653. The summed E-state index contributed by atoms with van der Waals surface area (Å²) in [6.45, 7) is 6.10. The Labute approximate surface area is 119 Å². The number of hydrogen-bond acceptors (Lipinski definition) is 4. The predicted molar refractivity (Wildman–Crippen MR) is 80.4 cm³/mol. The van der Waals surface area contributed by atoms with Gasteiger partial charge < -0.3 is 10.4 Å². The summed E-state index contributed by atoms with van der Waals surface area (Å²) in [6, 6.07) is 11.5. The van der Waals surface area contributed by atoms with E-state index < -0.39 is 0 Å². The summed E-state index contributed by atoms with van der Waals surface area (Å²) in [7, 11) is 0. The van der Waals surface area contributed by atoms with Crippen LogP contribution in [-0.4, -0.2) is 22.7 Å². The van der Waals surface area contributed by atoms with Gasteiger partial charge in [-0.05, 0) is 17.5 Å². The number of nitrogens with zero attached hydrogens (tertiary/aromatic N) is 2. The Morgan fingerprint density at radius 2 is 2.05 bits per heavy atom. The number of pyridine rings is 1. The maximum atomic E-state index is 9.53. The summed E-state index contributed by atoms with van der Waals surface area (Å²) in [5, 5.41) is 22.9. The highest BCUT2D eigenvalue weighted by Crippen LogP contribution is 2.25. The molecule has 0 aliphatic carbocycles. The zero-order valence-corrected chi connectivity index (χ0v) is 12.0. The van der Waals surface area contributed by atoms with Gasteiger partial charge >= 0.3 is 0 Å². The molecule has 4 heteroatoms. The van der Waals surface area contributed by atoms with Crippen molar-refractivity contribution in [1.82, 2.24) is 4.98 Å². The molecule has 1 heterocycles. The SMILES string of the molecule is CC(C)(C)[C@H](CO)Nc1nc2ccccc2cc1C#N. The summed E-state index contributed by atoms with van der Waals surface area (Å²) in [4.78, 5) is 4.50. The van der Waals surface area contributed by atoms with E-state index >= 15 is 0 Å². The number of nitrogens with one attached hydrogen (secondary N) is 1. The Kier molecular flexibility index (Phi) is 3.91. The summed E-state index contributed by atoms with van der Waals surface area (Å²) in [5.41, 5.74) is 1.19. The number of aliphatic hydroxyl groups excluding tert-OH is 1. The molecule has 0 fully saturated rings. The highest BCUT2D eigenvalue weighted by molar-refractivity contribution is 5.82. The van der Waals surface area contributed by atoms with Gasteiger partial charge in [0.15, 0.2) is 0 Å². The number of benzene rings is 1. The molecule has 2 rings (SSSR count). The topological polar surface area (TPSA) is 68.9 Å². The zero-order chi connectivity index (χ0) is 14.8. The minimum Gasteiger partial charge on any atom is -0.394 e. The summed E-state index contributed by atoms with van der Waals surface area (Å²) in [5.74, 6) is 0.528. The third kappa shape index (κ3) is 2.89. The molecular formula is C16H19N3O. The molecule has 0 spiro atoms. The first-order chi connectivity index (χ1) is 9.45. The van der Waals surface area contributed by atoms with Gasteiger partial charge in [-0.1, -0.05) is 39.0 Å². The normalized spacial score (nSPS) is 12.9. The maximum Gasteiger partial charge on any atom is 0.144 e. The summed E-state index contributed by atoms with van der Waals surface area (Å²) >= 11 is 0. The van der Waals surface area contributed by atoms with Crippen molar-refractivity contribution < 1.29 is 5.11 Å². The van der Waals surface area contributed by atoms with Gasteiger partial charge in [0.25, 0.3) is 0 Å². The molecule has 0 aliphatic rings. The minimum absolute atomic E-state index is 0.0110. The fraction of sp³-hybridized carbons (Fsp3) is 0.375. The van der Waals surface area contributed by atoms with Crippen LogP contribution in [0.3, 0.4) is 0 Å². The van der Waals surface area contributed by atoms with E-state index in [1.54, 1.807) is 0 Å². The number of rotatable bonds is 3. The van der Waals surface area contributed by atoms with Crippen molar-refractivity contribution in [1.29, 1.82) is 5.26 Å². The fourth-order valence-corrected chi connectivity index (χ4v) is 2.01. The monoisotopic (exact) mass is 269 g/mol. The lowest BCUT2D eigenvalue weighted by molar-refractivity contribution is 0.201. The molecule has 0 saturated heterocycles. The zero-order valence-electron chi connectivity index (χ0n) is 12.0. The molecule has 20 heavy (non-hydrogen) atoms. The van der Waals surface area contributed by atoms with E-state index in [-0.39, 0.29) is 18.1 Å². The molecule has 104 valence electrons. The number of aliphatic hydroxyl groups is 1. The van der Waals surface area contributed by atoms with Crippen molar-refractivity contribution in [3.05, 3.63) is 35.9 Å². The minimum atomic E-state index is -0.164. The van der Waals surface area contributed by atoms with Crippen LogP contribution < -0.4 is 5.32 Å². The van der Waals surface area contributed by atoms with Crippen LogP contribution in [0.15, 0.2) is 30.3 Å². The molecule has 4 nitrogen and oxygen atoms in total. The second-order valence-corrected chi connectivity index (χ2v) is 5.93. The Hall–Kier alpha value is -2.12. The Morgan fingerprint density at radius 3 is 2.65 bits per heavy atom. The smallest absolute Gasteiger partial charge is 0.144 e. The van der Waals surface area contributed by atoms with Gasteiger partial charge in [-0.2, -0.15) is 5.26 Å². The lowest BCUT2D eigenvalue weighted by Crippen LogP contribution is -2.37. The van der Waals surface area contributed by atoms with E-state index in [0.29, 0.717) is 11.4 Å². The molecule has 1 aromatic heterocycles. The molecular weight excluding hydrogens is 250 g/mol. The van der Waals surface area contributed by atoms with Crippen LogP contribution in [0.1, 0.15) is 26.3 Å². The molecule has 0 radical (unpaired) electrons. The lowest BCUT2D eigenvalue weighted by Gasteiger charge is -2.30. The third-order valence-corrected chi connectivity index (χ3v) is 3.38. The second-order valence-electron chi connectivity index (χ2n) is 5.93. The van der Waals surface area contributed by atoms with Crippen LogP contribution in [0, 0.1) is 16.7 Å². The standard InChI is InChI=1S/C16H19N3O/c1-16(2,3)14(10-20)19-15-12(9-17)8-11-6-4-5-7-13(11)18-15/h4-8,14,20H,10H2,1-3H3,(H,18,19)/t14-/m0/s1. The average Bonchev–Trinajstić information content (AvgIpc) is 2.42. The van der Waals surface area contributed by atoms with Crippen molar-refractivity contribution in [3.8, 4) is 6.07 Å². The molecule has 0 saturated carbocycles. The molecule has 2 aromatic rings. The average molecular weight is 269 g/mol. The fourth-order valence-electron chi connectivity index (χ4n) is 2.01. The predicted octanol–water partition coefficient (Wildman–Crippen LogP) is 2.93. The third-order valence-electron chi connectivity index (χ3n) is 3.38. The van der Waals surface area contributed by atoms with Gasteiger partial charge in [-0.3, -0.25) is 0 Å². The molecule has 0 bridgehead atoms. The molecule has 1 aromatic carbocycles. The highest BCUT2D eigenvalue weighted by atomic mass is 16.3. The van der Waals surface area contributed by atoms with Crippen molar-refractivity contribution >= 4 is 16.7 Å². The van der Waals surface area contributed by atoms with Crippen molar-refractivity contribution in [2.75, 3.05) is 11.9 Å². The number of anilines is 1. The second kappa shape index (κ2) is 5.48. The van der Waals surface area contributed by atoms with Crippen LogP contribution in [0.25, 0.3) is 10.9 Å². The van der Waals surface area contributed by atoms with E-state index in [1.165, 1.54) is 0 Å². The van der Waals surface area contributed by atoms with Crippen molar-refractivity contribution in [2.45, 2.75) is 26.8 Å². The number of hydrogen-bond donors (Lipinski definition) is 2. The van der Waals surface area contributed by atoms with E-state index in [1.807, 2.05) is 51.1 Å². The quantitative estimate of drug-likeness (QED) is 0.899. The van der Waals surface area contributed by atoms with Crippen LogP contribution in [-0.2, 0) is 0 Å². The van der Waals surface area contributed by atoms with Gasteiger partial charge in [-0.25, -0.2) is 4.98 Å². The first-order valence-corrected chi connectivity index (χ1v) is 6.63. The van der Waals surface area contributed by atoms with Gasteiger partial charge in [-0.15, -0.1) is 0 Å². The largest absolute Gasteiger partial charge is 0.394 e. The number of nitriles is 1. The van der Waals surface area contributed by atoms with Gasteiger partial charge in [0.2, 0.25) is 0 Å². The Balaban J connectivity index is 2.45. The number of aromatic nitrogens is 1. The molecule has 0 amide bonds. The number of para-hydroxylation sites is 1. The first-order valence-electron chi connectivity index (χ1n) is 6.63. The van der Waals surface area contributed by atoms with E-state index in [9.17, 15) is 10.4 Å². The van der Waals surface area contributed by atoms with Crippen molar-refractivity contribution in [3.63, 3.8) is 0 Å². The van der Waals surface area contributed by atoms with E-state index in [2.05, 4.69) is 16.4 Å². The lowest BCUT2D eigenvalue weighted by atomic mass is 9.87. The summed E-state index contributed by atoms with van der Waals surface area (Å²) < 4.78 is 0. The van der Waals surface area contributed by atoms with E-state index in [0.717, 1.165) is 10.9 Å². The van der Waals surface area contributed by atoms with Gasteiger partial charge in [0, 0.05) is 5.39 Å². The van der Waals surface area contributed by atoms with Gasteiger partial charge in [0.1, 0.15) is 11.9 Å². The maximum absolute atomic E-state index is 9.53. The Morgan fingerprint density at radius 1 is 1.35 bits per heavy atom. The van der Waals surface area contributed by atoms with Crippen LogP contribution in [0.2, 0.25) is 0 Å². The van der Waals surface area contributed by atoms with E-state index in [4.69, 9.17) is 0 Å². The van der Waals surface area contributed by atoms with Gasteiger partial charge in [0.05, 0.1) is 23.7 Å². The molecule has 1 atom stereocenters. The molecule has 0 unspecified atom stereocenters. The van der Waals surface area contributed by atoms with Crippen LogP contribution in [0.5, 0.6) is 0 Å². The van der Waals surface area contributed by atoms with Crippen molar-refractivity contribution in [2.24, 2.45) is 5.41 Å². The molecule has 2 N–H and O–H groups in total. The number of fused-ring (bicyclic) bond motifs is 1.